The van der Waals surface area contributed by atoms with Gasteiger partial charge < -0.3 is 9.47 Å². The summed E-state index contributed by atoms with van der Waals surface area (Å²) in [6.07, 6.45) is 1.50. The normalized spacial score (nSPS) is 10.7. The third-order valence-electron chi connectivity index (χ3n) is 2.79. The molecule has 2 aromatic carbocycles. The number of nitrogens with zero attached hydrogens (tertiary/aromatic N) is 1. The highest BCUT2D eigenvalue weighted by molar-refractivity contribution is 9.11. The molecule has 0 spiro atoms. The minimum atomic E-state index is -0.398. The number of carbonyl (C=O) groups is 1. The van der Waals surface area contributed by atoms with E-state index in [-0.39, 0.29) is 6.61 Å². The van der Waals surface area contributed by atoms with E-state index in [2.05, 4.69) is 42.4 Å². The zero-order valence-electron chi connectivity index (χ0n) is 12.6. The predicted molar refractivity (Wildman–Crippen MR) is 101 cm³/mol. The fourth-order valence-electron chi connectivity index (χ4n) is 1.76. The van der Waals surface area contributed by atoms with Crippen molar-refractivity contribution >= 4 is 55.6 Å². The standard InChI is InChI=1S/C16H13Br2ClN2O3/c1-23-14-7-11(17)6-13(18)16(14)24-9-15(22)21-20-8-10-3-2-4-12(19)5-10/h2-8H,9H2,1H3,(H,21,22). The second-order valence-corrected chi connectivity index (χ2v) is 6.76. The molecule has 24 heavy (non-hydrogen) atoms. The lowest BCUT2D eigenvalue weighted by Crippen LogP contribution is -2.24. The first-order valence-corrected chi connectivity index (χ1v) is 8.69. The van der Waals surface area contributed by atoms with E-state index in [1.807, 2.05) is 6.07 Å². The molecule has 2 aromatic rings. The van der Waals surface area contributed by atoms with E-state index in [0.29, 0.717) is 21.0 Å². The molecule has 0 atom stereocenters. The Morgan fingerprint density at radius 2 is 2.12 bits per heavy atom. The van der Waals surface area contributed by atoms with Crippen LogP contribution in [-0.4, -0.2) is 25.8 Å². The lowest BCUT2D eigenvalue weighted by Gasteiger charge is -2.12. The van der Waals surface area contributed by atoms with Crippen molar-refractivity contribution in [1.29, 1.82) is 0 Å². The molecule has 2 rings (SSSR count). The summed E-state index contributed by atoms with van der Waals surface area (Å²) in [5.74, 6) is 0.547. The maximum Gasteiger partial charge on any atom is 0.277 e. The fourth-order valence-corrected chi connectivity index (χ4v) is 3.26. The first-order chi connectivity index (χ1) is 11.5. The Hall–Kier alpha value is -1.57. The summed E-state index contributed by atoms with van der Waals surface area (Å²) in [5, 5.41) is 4.46. The van der Waals surface area contributed by atoms with Gasteiger partial charge in [-0.15, -0.1) is 0 Å². The summed E-state index contributed by atoms with van der Waals surface area (Å²) in [6, 6.07) is 10.7. The van der Waals surface area contributed by atoms with Crippen LogP contribution < -0.4 is 14.9 Å². The average molecular weight is 477 g/mol. The van der Waals surface area contributed by atoms with Crippen molar-refractivity contribution < 1.29 is 14.3 Å². The Bertz CT molecular complexity index is 769. The highest BCUT2D eigenvalue weighted by Crippen LogP contribution is 2.38. The molecule has 0 unspecified atom stereocenters. The number of benzene rings is 2. The van der Waals surface area contributed by atoms with Crippen LogP contribution in [0.1, 0.15) is 5.56 Å². The summed E-state index contributed by atoms with van der Waals surface area (Å²) in [4.78, 5) is 11.8. The smallest absolute Gasteiger partial charge is 0.277 e. The first-order valence-electron chi connectivity index (χ1n) is 6.73. The molecule has 5 nitrogen and oxygen atoms in total. The second-order valence-electron chi connectivity index (χ2n) is 4.56. The van der Waals surface area contributed by atoms with Crippen LogP contribution in [0, 0.1) is 0 Å². The Balaban J connectivity index is 1.92. The molecule has 8 heteroatoms. The van der Waals surface area contributed by atoms with Crippen LogP contribution in [0.2, 0.25) is 5.02 Å². The van der Waals surface area contributed by atoms with Crippen molar-refractivity contribution in [3.8, 4) is 11.5 Å². The average Bonchev–Trinajstić information content (AvgIpc) is 2.53. The van der Waals surface area contributed by atoms with Crippen molar-refractivity contribution in [2.24, 2.45) is 5.10 Å². The van der Waals surface area contributed by atoms with E-state index < -0.39 is 5.91 Å². The fraction of sp³-hybridized carbons (Fsp3) is 0.125. The number of ether oxygens (including phenoxy) is 2. The molecule has 1 N–H and O–H groups in total. The van der Waals surface area contributed by atoms with Gasteiger partial charge in [0, 0.05) is 9.50 Å². The van der Waals surface area contributed by atoms with Gasteiger partial charge >= 0.3 is 0 Å². The summed E-state index contributed by atoms with van der Waals surface area (Å²) in [7, 11) is 1.52. The van der Waals surface area contributed by atoms with Crippen LogP contribution >= 0.6 is 43.5 Å². The quantitative estimate of drug-likeness (QED) is 0.497. The monoisotopic (exact) mass is 474 g/mol. The van der Waals surface area contributed by atoms with Crippen molar-refractivity contribution in [2.75, 3.05) is 13.7 Å². The van der Waals surface area contributed by atoms with E-state index in [1.165, 1.54) is 13.3 Å². The molecular weight excluding hydrogens is 463 g/mol. The van der Waals surface area contributed by atoms with E-state index >= 15 is 0 Å². The predicted octanol–water partition coefficient (Wildman–Crippen LogP) is 4.40. The molecule has 0 fully saturated rings. The molecule has 0 saturated carbocycles. The van der Waals surface area contributed by atoms with Crippen LogP contribution in [0.15, 0.2) is 50.4 Å². The largest absolute Gasteiger partial charge is 0.493 e. The summed E-state index contributed by atoms with van der Waals surface area (Å²) < 4.78 is 12.2. The molecule has 0 aliphatic rings. The van der Waals surface area contributed by atoms with Crippen molar-refractivity contribution in [2.45, 2.75) is 0 Å². The van der Waals surface area contributed by atoms with E-state index in [4.69, 9.17) is 21.1 Å². The van der Waals surface area contributed by atoms with Crippen LogP contribution in [0.5, 0.6) is 11.5 Å². The van der Waals surface area contributed by atoms with Gasteiger partial charge in [-0.2, -0.15) is 5.10 Å². The van der Waals surface area contributed by atoms with Crippen LogP contribution in [-0.2, 0) is 4.79 Å². The molecule has 126 valence electrons. The zero-order chi connectivity index (χ0) is 17.5. The Morgan fingerprint density at radius 1 is 1.33 bits per heavy atom. The maximum atomic E-state index is 11.8. The van der Waals surface area contributed by atoms with Gasteiger partial charge in [0.25, 0.3) is 5.91 Å². The van der Waals surface area contributed by atoms with Crippen molar-refractivity contribution in [3.05, 3.63) is 55.9 Å². The molecule has 0 radical (unpaired) electrons. The second kappa shape index (κ2) is 9.05. The van der Waals surface area contributed by atoms with E-state index in [9.17, 15) is 4.79 Å². The molecule has 0 saturated heterocycles. The van der Waals surface area contributed by atoms with Gasteiger partial charge in [-0.25, -0.2) is 5.43 Å². The minimum Gasteiger partial charge on any atom is -0.493 e. The lowest BCUT2D eigenvalue weighted by molar-refractivity contribution is -0.123. The zero-order valence-corrected chi connectivity index (χ0v) is 16.5. The number of halogens is 3. The molecule has 0 bridgehead atoms. The van der Waals surface area contributed by atoms with Gasteiger partial charge in [0.05, 0.1) is 17.8 Å². The SMILES string of the molecule is COc1cc(Br)cc(Br)c1OCC(=O)NN=Cc1cccc(Cl)c1. The van der Waals surface area contributed by atoms with E-state index in [0.717, 1.165) is 10.0 Å². The van der Waals surface area contributed by atoms with Crippen LogP contribution in [0.25, 0.3) is 0 Å². The number of methoxy groups -OCH3 is 1. The molecule has 0 heterocycles. The Labute approximate surface area is 161 Å². The third kappa shape index (κ3) is 5.51. The molecule has 0 aliphatic carbocycles. The highest BCUT2D eigenvalue weighted by Gasteiger charge is 2.12. The maximum absolute atomic E-state index is 11.8. The van der Waals surface area contributed by atoms with Crippen molar-refractivity contribution in [3.63, 3.8) is 0 Å². The number of nitrogens with one attached hydrogen (secondary N) is 1. The first kappa shape index (κ1) is 18.8. The number of hydrazone groups is 1. The number of carbonyl (C=O) groups excluding carboxylic acids is 1. The van der Waals surface area contributed by atoms with Gasteiger partial charge in [0.2, 0.25) is 0 Å². The van der Waals surface area contributed by atoms with Gasteiger partial charge in [-0.05, 0) is 45.8 Å². The highest BCUT2D eigenvalue weighted by atomic mass is 79.9. The Kier molecular flexibility index (Phi) is 7.08. The molecule has 0 aromatic heterocycles. The Morgan fingerprint density at radius 3 is 2.83 bits per heavy atom. The topological polar surface area (TPSA) is 59.9 Å². The number of hydrogen-bond donors (Lipinski definition) is 1. The number of hydrogen-bond acceptors (Lipinski definition) is 4. The van der Waals surface area contributed by atoms with Gasteiger partial charge in [-0.3, -0.25) is 4.79 Å². The molecular formula is C16H13Br2ClN2O3. The summed E-state index contributed by atoms with van der Waals surface area (Å²) >= 11 is 12.6. The summed E-state index contributed by atoms with van der Waals surface area (Å²) in [5.41, 5.74) is 3.16. The minimum absolute atomic E-state index is 0.205. The van der Waals surface area contributed by atoms with Crippen LogP contribution in [0.3, 0.4) is 0 Å². The summed E-state index contributed by atoms with van der Waals surface area (Å²) in [6.45, 7) is -0.205. The third-order valence-corrected chi connectivity index (χ3v) is 4.08. The van der Waals surface area contributed by atoms with Crippen LogP contribution in [0.4, 0.5) is 0 Å². The van der Waals surface area contributed by atoms with Gasteiger partial charge in [0.1, 0.15) is 0 Å². The molecule has 1 amide bonds. The molecule has 0 aliphatic heterocycles. The van der Waals surface area contributed by atoms with Crippen molar-refractivity contribution in [1.82, 2.24) is 5.43 Å². The lowest BCUT2D eigenvalue weighted by atomic mass is 10.2. The number of rotatable bonds is 6. The number of amides is 1. The van der Waals surface area contributed by atoms with Gasteiger partial charge in [0.15, 0.2) is 18.1 Å². The van der Waals surface area contributed by atoms with Gasteiger partial charge in [-0.1, -0.05) is 39.7 Å². The van der Waals surface area contributed by atoms with E-state index in [1.54, 1.807) is 30.3 Å².